The smallest absolute Gasteiger partial charge is 0.254 e. The molecule has 0 spiro atoms. The molecule has 24 heavy (non-hydrogen) atoms. The van der Waals surface area contributed by atoms with Crippen LogP contribution in [0.25, 0.3) is 0 Å². The summed E-state index contributed by atoms with van der Waals surface area (Å²) in [6.45, 7) is 4.25. The van der Waals surface area contributed by atoms with Gasteiger partial charge in [0.15, 0.2) is 0 Å². The number of hydrogen-bond acceptors (Lipinski definition) is 3. The molecule has 1 aromatic heterocycles. The number of carbonyl (C=O) groups excluding carboxylic acids is 1. The third-order valence-electron chi connectivity index (χ3n) is 4.45. The Morgan fingerprint density at radius 2 is 1.96 bits per heavy atom. The highest BCUT2D eigenvalue weighted by Gasteiger charge is 2.23. The molecule has 126 valence electrons. The molecule has 1 aromatic carbocycles. The molecule has 0 bridgehead atoms. The summed E-state index contributed by atoms with van der Waals surface area (Å²) in [5.41, 5.74) is 3.19. The van der Waals surface area contributed by atoms with E-state index in [1.54, 1.807) is 24.5 Å². The van der Waals surface area contributed by atoms with Crippen LogP contribution in [0.5, 0.6) is 0 Å². The van der Waals surface area contributed by atoms with Crippen molar-refractivity contribution in [1.29, 1.82) is 0 Å². The molecule has 0 radical (unpaired) electrons. The second-order valence-electron chi connectivity index (χ2n) is 6.36. The van der Waals surface area contributed by atoms with E-state index >= 15 is 0 Å². The van der Waals surface area contributed by atoms with Crippen LogP contribution in [0.1, 0.15) is 34.3 Å². The summed E-state index contributed by atoms with van der Waals surface area (Å²) >= 11 is 0. The number of aromatic nitrogens is 1. The number of ether oxygens (including phenoxy) is 1. The fraction of sp³-hybridized carbons (Fsp3) is 0.400. The number of carbonyl (C=O) groups is 1. The van der Waals surface area contributed by atoms with E-state index < -0.39 is 0 Å². The predicted octanol–water partition coefficient (Wildman–Crippen LogP) is 3.25. The Kier molecular flexibility index (Phi) is 5.59. The largest absolute Gasteiger partial charge is 0.376 e. The minimum absolute atomic E-state index is 0.0556. The highest BCUT2D eigenvalue weighted by molar-refractivity contribution is 5.94. The minimum Gasteiger partial charge on any atom is -0.376 e. The summed E-state index contributed by atoms with van der Waals surface area (Å²) in [7, 11) is 0. The Balaban J connectivity index is 1.68. The summed E-state index contributed by atoms with van der Waals surface area (Å²) in [6.07, 6.45) is 6.46. The molecule has 1 unspecified atom stereocenters. The van der Waals surface area contributed by atoms with Gasteiger partial charge in [-0.25, -0.2) is 0 Å². The van der Waals surface area contributed by atoms with E-state index in [1.807, 2.05) is 4.90 Å². The van der Waals surface area contributed by atoms with E-state index in [4.69, 9.17) is 4.74 Å². The van der Waals surface area contributed by atoms with Crippen molar-refractivity contribution in [2.24, 2.45) is 0 Å². The molecule has 0 aliphatic carbocycles. The Hall–Kier alpha value is -2.20. The van der Waals surface area contributed by atoms with E-state index in [0.29, 0.717) is 18.7 Å². The van der Waals surface area contributed by atoms with Crippen molar-refractivity contribution >= 4 is 5.91 Å². The third kappa shape index (κ3) is 4.42. The van der Waals surface area contributed by atoms with Crippen molar-refractivity contribution in [1.82, 2.24) is 9.88 Å². The summed E-state index contributed by atoms with van der Waals surface area (Å²) in [5, 5.41) is 0. The van der Waals surface area contributed by atoms with Gasteiger partial charge in [0.25, 0.3) is 5.91 Å². The van der Waals surface area contributed by atoms with Gasteiger partial charge in [0.1, 0.15) is 0 Å². The number of rotatable bonds is 6. The summed E-state index contributed by atoms with van der Waals surface area (Å²) in [4.78, 5) is 18.8. The van der Waals surface area contributed by atoms with Crippen LogP contribution in [-0.2, 0) is 11.2 Å². The fourth-order valence-electron chi connectivity index (χ4n) is 3.01. The van der Waals surface area contributed by atoms with E-state index in [1.165, 1.54) is 11.1 Å². The Morgan fingerprint density at radius 1 is 1.21 bits per heavy atom. The maximum atomic E-state index is 12.9. The lowest BCUT2D eigenvalue weighted by Gasteiger charge is -2.25. The number of nitrogens with zero attached hydrogens (tertiary/aromatic N) is 2. The predicted molar refractivity (Wildman–Crippen MR) is 94.0 cm³/mol. The summed E-state index contributed by atoms with van der Waals surface area (Å²) < 4.78 is 5.73. The topological polar surface area (TPSA) is 42.4 Å². The first-order valence-corrected chi connectivity index (χ1v) is 8.59. The van der Waals surface area contributed by atoms with Gasteiger partial charge >= 0.3 is 0 Å². The maximum Gasteiger partial charge on any atom is 0.254 e. The molecule has 2 aromatic rings. The lowest BCUT2D eigenvalue weighted by Crippen LogP contribution is -2.38. The van der Waals surface area contributed by atoms with Gasteiger partial charge in [0.2, 0.25) is 0 Å². The maximum absolute atomic E-state index is 12.9. The molecule has 1 saturated heterocycles. The lowest BCUT2D eigenvalue weighted by atomic mass is 10.1. The zero-order valence-corrected chi connectivity index (χ0v) is 14.1. The van der Waals surface area contributed by atoms with Gasteiger partial charge in [-0.3, -0.25) is 9.78 Å². The van der Waals surface area contributed by atoms with E-state index in [0.717, 1.165) is 25.9 Å². The molecular formula is C20H24N2O2. The number of benzene rings is 1. The van der Waals surface area contributed by atoms with Crippen molar-refractivity contribution < 1.29 is 9.53 Å². The SMILES string of the molecule is Cc1ccc(CCN(CC2CCCO2)C(=O)c2ccncc2)cc1. The second-order valence-corrected chi connectivity index (χ2v) is 6.36. The first kappa shape index (κ1) is 16.7. The second kappa shape index (κ2) is 8.06. The van der Waals surface area contributed by atoms with Crippen LogP contribution in [0, 0.1) is 6.92 Å². The van der Waals surface area contributed by atoms with Crippen LogP contribution in [0.4, 0.5) is 0 Å². The average Bonchev–Trinajstić information content (AvgIpc) is 3.13. The zero-order valence-electron chi connectivity index (χ0n) is 14.1. The summed E-state index contributed by atoms with van der Waals surface area (Å²) in [5.74, 6) is 0.0556. The molecule has 3 rings (SSSR count). The first-order valence-electron chi connectivity index (χ1n) is 8.59. The average molecular weight is 324 g/mol. The molecule has 2 heterocycles. The van der Waals surface area contributed by atoms with E-state index in [2.05, 4.69) is 36.2 Å². The highest BCUT2D eigenvalue weighted by Crippen LogP contribution is 2.16. The minimum atomic E-state index is 0.0556. The quantitative estimate of drug-likeness (QED) is 0.819. The molecule has 1 atom stereocenters. The molecule has 4 heteroatoms. The van der Waals surface area contributed by atoms with Crippen LogP contribution < -0.4 is 0 Å². The molecule has 0 saturated carbocycles. The van der Waals surface area contributed by atoms with Crippen LogP contribution >= 0.6 is 0 Å². The van der Waals surface area contributed by atoms with Gasteiger partial charge in [-0.1, -0.05) is 29.8 Å². The van der Waals surface area contributed by atoms with Crippen LogP contribution in [0.15, 0.2) is 48.8 Å². The molecule has 1 aliphatic rings. The van der Waals surface area contributed by atoms with Crippen LogP contribution in [0.3, 0.4) is 0 Å². The van der Waals surface area contributed by atoms with Crippen molar-refractivity contribution in [2.45, 2.75) is 32.3 Å². The number of aryl methyl sites for hydroxylation is 1. The van der Waals surface area contributed by atoms with Gasteiger partial charge in [0.05, 0.1) is 6.10 Å². The summed E-state index contributed by atoms with van der Waals surface area (Å²) in [6, 6.07) is 12.1. The highest BCUT2D eigenvalue weighted by atomic mass is 16.5. The van der Waals surface area contributed by atoms with Crippen molar-refractivity contribution in [3.05, 3.63) is 65.5 Å². The van der Waals surface area contributed by atoms with E-state index in [-0.39, 0.29) is 12.0 Å². The Morgan fingerprint density at radius 3 is 2.62 bits per heavy atom. The molecule has 1 aliphatic heterocycles. The standard InChI is InChI=1S/C20H24N2O2/c1-16-4-6-17(7-5-16)10-13-22(15-19-3-2-14-24-19)20(23)18-8-11-21-12-9-18/h4-9,11-12,19H,2-3,10,13-15H2,1H3. The monoisotopic (exact) mass is 324 g/mol. The molecule has 1 amide bonds. The molecule has 0 N–H and O–H groups in total. The van der Waals surface area contributed by atoms with E-state index in [9.17, 15) is 4.79 Å². The lowest BCUT2D eigenvalue weighted by molar-refractivity contribution is 0.0528. The van der Waals surface area contributed by atoms with Crippen molar-refractivity contribution in [3.63, 3.8) is 0 Å². The van der Waals surface area contributed by atoms with Crippen molar-refractivity contribution in [3.8, 4) is 0 Å². The molecule has 4 nitrogen and oxygen atoms in total. The van der Waals surface area contributed by atoms with Crippen LogP contribution in [0.2, 0.25) is 0 Å². The van der Waals surface area contributed by atoms with Gasteiger partial charge in [-0.15, -0.1) is 0 Å². The van der Waals surface area contributed by atoms with Crippen LogP contribution in [-0.4, -0.2) is 41.6 Å². The zero-order chi connectivity index (χ0) is 16.8. The number of hydrogen-bond donors (Lipinski definition) is 0. The fourth-order valence-corrected chi connectivity index (χ4v) is 3.01. The van der Waals surface area contributed by atoms with Gasteiger partial charge in [-0.2, -0.15) is 0 Å². The number of amides is 1. The van der Waals surface area contributed by atoms with Gasteiger partial charge in [-0.05, 0) is 43.9 Å². The van der Waals surface area contributed by atoms with Crippen molar-refractivity contribution in [2.75, 3.05) is 19.7 Å². The first-order chi connectivity index (χ1) is 11.7. The Bertz CT molecular complexity index is 649. The normalized spacial score (nSPS) is 17.0. The molecular weight excluding hydrogens is 300 g/mol. The number of pyridine rings is 1. The van der Waals surface area contributed by atoms with Gasteiger partial charge < -0.3 is 9.64 Å². The van der Waals surface area contributed by atoms with Gasteiger partial charge in [0, 0.05) is 37.7 Å². The molecule has 1 fully saturated rings. The Labute approximate surface area is 143 Å². The third-order valence-corrected chi connectivity index (χ3v) is 4.45.